The molecular weight excluding hydrogens is 234 g/mol. The van der Waals surface area contributed by atoms with Crippen LogP contribution in [0.15, 0.2) is 50.0 Å². The van der Waals surface area contributed by atoms with Crippen LogP contribution in [0.2, 0.25) is 0 Å². The zero-order chi connectivity index (χ0) is 15.5. The lowest BCUT2D eigenvalue weighted by Crippen LogP contribution is -1.71. The van der Waals surface area contributed by atoms with E-state index in [2.05, 4.69) is 28.1 Å². The van der Waals surface area contributed by atoms with Crippen molar-refractivity contribution < 1.29 is 1.43 Å². The number of H-pyrrole nitrogens is 1. The molecular formula is C16H31N3. The van der Waals surface area contributed by atoms with Crippen LogP contribution in [0.3, 0.4) is 0 Å². The number of fused-ring (bicyclic) bond motifs is 1. The Kier molecular flexibility index (Phi) is 25.1. The molecule has 3 heteroatoms. The summed E-state index contributed by atoms with van der Waals surface area (Å²) in [5.41, 5.74) is 1.76. The zero-order valence-electron chi connectivity index (χ0n) is 13.3. The average molecular weight is 265 g/mol. The molecule has 0 saturated heterocycles. The first-order valence-electron chi connectivity index (χ1n) is 6.86. The fourth-order valence-corrected chi connectivity index (χ4v) is 0.775. The monoisotopic (exact) mass is 265 g/mol. The molecule has 0 atom stereocenters. The maximum atomic E-state index is 4.00. The first kappa shape index (κ1) is 22.3. The van der Waals surface area contributed by atoms with Crippen LogP contribution >= 0.6 is 0 Å². The summed E-state index contributed by atoms with van der Waals surface area (Å²) in [6.45, 7) is 18.7. The van der Waals surface area contributed by atoms with Gasteiger partial charge in [-0.2, -0.15) is 0 Å². The molecule has 2 rings (SSSR count). The molecule has 0 radical (unpaired) electrons. The molecule has 0 bridgehead atoms. The fraction of sp³-hybridized carbons (Fsp3) is 0.375. The van der Waals surface area contributed by atoms with E-state index in [1.807, 2.05) is 53.7 Å². The van der Waals surface area contributed by atoms with Crippen LogP contribution in [0.25, 0.3) is 11.2 Å². The van der Waals surface area contributed by atoms with Crippen molar-refractivity contribution in [3.05, 3.63) is 50.0 Å². The Bertz CT molecular complexity index is 361. The van der Waals surface area contributed by atoms with Crippen molar-refractivity contribution in [3.63, 3.8) is 0 Å². The Morgan fingerprint density at radius 2 is 1.53 bits per heavy atom. The Labute approximate surface area is 120 Å². The van der Waals surface area contributed by atoms with Gasteiger partial charge in [0, 0.05) is 7.62 Å². The summed E-state index contributed by atoms with van der Waals surface area (Å²) < 4.78 is 0. The lowest BCUT2D eigenvalue weighted by Gasteiger charge is -1.80. The number of aromatic nitrogens is 3. The van der Waals surface area contributed by atoms with Crippen molar-refractivity contribution in [1.29, 1.82) is 0 Å². The molecule has 3 nitrogen and oxygen atoms in total. The number of imidazole rings is 1. The molecule has 2 aromatic heterocycles. The van der Waals surface area contributed by atoms with Gasteiger partial charge in [0.25, 0.3) is 0 Å². The van der Waals surface area contributed by atoms with Gasteiger partial charge in [0.2, 0.25) is 0 Å². The third-order valence-electron chi connectivity index (χ3n) is 1.36. The van der Waals surface area contributed by atoms with Gasteiger partial charge in [0.15, 0.2) is 5.65 Å². The molecule has 0 aliphatic carbocycles. The highest BCUT2D eigenvalue weighted by atomic mass is 14.9. The van der Waals surface area contributed by atoms with Crippen molar-refractivity contribution in [1.82, 2.24) is 15.0 Å². The summed E-state index contributed by atoms with van der Waals surface area (Å²) >= 11 is 0. The number of pyridine rings is 1. The number of aromatic amines is 1. The Morgan fingerprint density at radius 3 is 1.95 bits per heavy atom. The third kappa shape index (κ3) is 12.3. The number of allylic oxidation sites excluding steroid dienone is 2. The largest absolute Gasteiger partial charge is 0.343 e. The molecule has 0 aliphatic heterocycles. The molecule has 0 saturated carbocycles. The van der Waals surface area contributed by atoms with Gasteiger partial charge in [-0.1, -0.05) is 66.9 Å². The van der Waals surface area contributed by atoms with Crippen molar-refractivity contribution >= 4 is 11.2 Å². The molecule has 2 aromatic rings. The van der Waals surface area contributed by atoms with Gasteiger partial charge in [0.05, 0.1) is 11.8 Å². The minimum atomic E-state index is 0. The summed E-state index contributed by atoms with van der Waals surface area (Å²) in [4.78, 5) is 10.9. The topological polar surface area (TPSA) is 41.6 Å². The molecule has 2 heterocycles. The van der Waals surface area contributed by atoms with Gasteiger partial charge in [-0.25, -0.2) is 9.97 Å². The molecule has 0 spiro atoms. The minimum absolute atomic E-state index is 0. The zero-order valence-corrected chi connectivity index (χ0v) is 13.3. The molecule has 110 valence electrons. The smallest absolute Gasteiger partial charge is 0.177 e. The van der Waals surface area contributed by atoms with Crippen LogP contribution in [0.4, 0.5) is 0 Å². The second-order valence-electron chi connectivity index (χ2n) is 2.25. The van der Waals surface area contributed by atoms with E-state index >= 15 is 0 Å². The maximum Gasteiger partial charge on any atom is 0.177 e. The quantitative estimate of drug-likeness (QED) is 0.678. The van der Waals surface area contributed by atoms with Crippen LogP contribution in [0, 0.1) is 0 Å². The maximum absolute atomic E-state index is 4.00. The third-order valence-corrected chi connectivity index (χ3v) is 1.36. The summed E-state index contributed by atoms with van der Waals surface area (Å²) in [5, 5.41) is 0. The van der Waals surface area contributed by atoms with E-state index in [-0.39, 0.29) is 1.43 Å². The van der Waals surface area contributed by atoms with Gasteiger partial charge in [0.1, 0.15) is 0 Å². The Morgan fingerprint density at radius 1 is 1.00 bits per heavy atom. The standard InChI is InChI=1S/C6H5N3.C4H6.3C2H6.H2/c1-2-5-6(7-3-1)9-4-8-5;1-3-4-2;3*1-2;/h1-4H,(H,7,8,9);3-4H,1-2H2;3*1-2H3;1H. The second-order valence-corrected chi connectivity index (χ2v) is 2.25. The predicted octanol–water partition coefficient (Wildman–Crippen LogP) is 5.64. The van der Waals surface area contributed by atoms with Crippen molar-refractivity contribution in [2.45, 2.75) is 41.5 Å². The van der Waals surface area contributed by atoms with E-state index in [0.29, 0.717) is 0 Å². The molecule has 0 aromatic carbocycles. The first-order chi connectivity index (χ1) is 9.38. The fourth-order valence-electron chi connectivity index (χ4n) is 0.775. The number of nitrogens with one attached hydrogen (secondary N) is 1. The van der Waals surface area contributed by atoms with E-state index in [9.17, 15) is 0 Å². The van der Waals surface area contributed by atoms with E-state index in [4.69, 9.17) is 0 Å². The van der Waals surface area contributed by atoms with Gasteiger partial charge >= 0.3 is 0 Å². The van der Waals surface area contributed by atoms with E-state index in [1.54, 1.807) is 24.7 Å². The lowest BCUT2D eigenvalue weighted by molar-refractivity contribution is 1.30. The molecule has 0 aliphatic rings. The van der Waals surface area contributed by atoms with Crippen LogP contribution in [-0.2, 0) is 0 Å². The van der Waals surface area contributed by atoms with E-state index in [0.717, 1.165) is 11.2 Å². The van der Waals surface area contributed by atoms with Gasteiger partial charge < -0.3 is 4.98 Å². The summed E-state index contributed by atoms with van der Waals surface area (Å²) in [5.74, 6) is 0. The highest BCUT2D eigenvalue weighted by Gasteiger charge is 1.90. The number of hydrogen-bond acceptors (Lipinski definition) is 2. The van der Waals surface area contributed by atoms with Gasteiger partial charge in [-0.05, 0) is 12.1 Å². The average Bonchev–Trinajstić information content (AvgIpc) is 3.02. The van der Waals surface area contributed by atoms with Gasteiger partial charge in [-0.15, -0.1) is 0 Å². The molecule has 0 fully saturated rings. The number of hydrogen-bond donors (Lipinski definition) is 1. The van der Waals surface area contributed by atoms with Crippen molar-refractivity contribution in [2.24, 2.45) is 0 Å². The van der Waals surface area contributed by atoms with Crippen molar-refractivity contribution in [3.8, 4) is 0 Å². The minimum Gasteiger partial charge on any atom is -0.343 e. The van der Waals surface area contributed by atoms with Crippen LogP contribution in [-0.4, -0.2) is 15.0 Å². The highest BCUT2D eigenvalue weighted by Crippen LogP contribution is 2.01. The SMILES string of the molecule is C=CC=C.CC.CC.CC.[HH].c1cnc2nc[nH]c2c1. The summed E-state index contributed by atoms with van der Waals surface area (Å²) in [6, 6.07) is 3.82. The summed E-state index contributed by atoms with van der Waals surface area (Å²) in [7, 11) is 0. The van der Waals surface area contributed by atoms with Crippen molar-refractivity contribution in [2.75, 3.05) is 0 Å². The Hall–Kier alpha value is -1.90. The first-order valence-corrected chi connectivity index (χ1v) is 6.86. The van der Waals surface area contributed by atoms with Crippen LogP contribution < -0.4 is 0 Å². The Balaban J connectivity index is -0.000000101. The van der Waals surface area contributed by atoms with E-state index in [1.165, 1.54) is 0 Å². The van der Waals surface area contributed by atoms with E-state index < -0.39 is 0 Å². The van der Waals surface area contributed by atoms with Gasteiger partial charge in [-0.3, -0.25) is 0 Å². The highest BCUT2D eigenvalue weighted by molar-refractivity contribution is 5.68. The predicted molar refractivity (Wildman–Crippen MR) is 90.4 cm³/mol. The van der Waals surface area contributed by atoms with Crippen LogP contribution in [0.5, 0.6) is 0 Å². The molecule has 1 N–H and O–H groups in total. The summed E-state index contributed by atoms with van der Waals surface area (Å²) in [6.07, 6.45) is 6.64. The number of nitrogens with zero attached hydrogens (tertiary/aromatic N) is 2. The second kappa shape index (κ2) is 21.4. The van der Waals surface area contributed by atoms with Crippen LogP contribution in [0.1, 0.15) is 43.0 Å². The normalized spacial score (nSPS) is 6.84. The number of rotatable bonds is 1. The lowest BCUT2D eigenvalue weighted by atomic mass is 10.4. The molecule has 0 amide bonds. The molecule has 19 heavy (non-hydrogen) atoms. The molecule has 0 unspecified atom stereocenters.